The van der Waals surface area contributed by atoms with Gasteiger partial charge >= 0.3 is 6.18 Å². The smallest absolute Gasteiger partial charge is 0.348 e. The van der Waals surface area contributed by atoms with Crippen LogP contribution in [-0.4, -0.2) is 47.2 Å². The van der Waals surface area contributed by atoms with Crippen molar-refractivity contribution in [1.29, 1.82) is 0 Å². The van der Waals surface area contributed by atoms with Gasteiger partial charge in [-0.15, -0.1) is 0 Å². The summed E-state index contributed by atoms with van der Waals surface area (Å²) in [6, 6.07) is 0.882. The molecule has 1 fully saturated rings. The number of carbonyl (C=O) groups excluding carboxylic acids is 1. The SMILES string of the molecule is CN1C[C@H](NC(=O)c2ccn(C)c(=O)c2)CC[C@@H]1C(F)(F)F. The van der Waals surface area contributed by atoms with Crippen LogP contribution in [0.3, 0.4) is 0 Å². The van der Waals surface area contributed by atoms with Crippen LogP contribution in [0.15, 0.2) is 23.1 Å². The van der Waals surface area contributed by atoms with Crippen LogP contribution in [0.4, 0.5) is 13.2 Å². The Kier molecular flexibility index (Phi) is 4.60. The van der Waals surface area contributed by atoms with E-state index >= 15 is 0 Å². The van der Waals surface area contributed by atoms with Crippen LogP contribution >= 0.6 is 0 Å². The zero-order chi connectivity index (χ0) is 16.5. The minimum Gasteiger partial charge on any atom is -0.348 e. The van der Waals surface area contributed by atoms with Gasteiger partial charge in [0.15, 0.2) is 0 Å². The molecule has 22 heavy (non-hydrogen) atoms. The zero-order valence-electron chi connectivity index (χ0n) is 12.4. The second-order valence-electron chi connectivity index (χ2n) is 5.61. The summed E-state index contributed by atoms with van der Waals surface area (Å²) in [7, 11) is 2.96. The molecule has 1 aromatic rings. The van der Waals surface area contributed by atoms with E-state index in [0.717, 1.165) is 0 Å². The third-order valence-corrected chi connectivity index (χ3v) is 3.91. The first kappa shape index (κ1) is 16.5. The molecule has 1 aliphatic heterocycles. The molecule has 2 heterocycles. The highest BCUT2D eigenvalue weighted by Gasteiger charge is 2.44. The third kappa shape index (κ3) is 3.68. The van der Waals surface area contributed by atoms with Crippen molar-refractivity contribution in [3.63, 3.8) is 0 Å². The molecule has 0 saturated carbocycles. The fourth-order valence-electron chi connectivity index (χ4n) is 2.64. The number of carbonyl (C=O) groups is 1. The van der Waals surface area contributed by atoms with Crippen LogP contribution in [0.1, 0.15) is 23.2 Å². The molecule has 0 aliphatic carbocycles. The first-order valence-electron chi connectivity index (χ1n) is 6.93. The highest BCUT2D eigenvalue weighted by Crippen LogP contribution is 2.30. The Morgan fingerprint density at radius 3 is 2.55 bits per heavy atom. The molecular formula is C14H18F3N3O2. The fraction of sp³-hybridized carbons (Fsp3) is 0.571. The summed E-state index contributed by atoms with van der Waals surface area (Å²) in [6.45, 7) is 0.126. The monoisotopic (exact) mass is 317 g/mol. The molecule has 5 nitrogen and oxygen atoms in total. The summed E-state index contributed by atoms with van der Waals surface area (Å²) >= 11 is 0. The topological polar surface area (TPSA) is 54.3 Å². The van der Waals surface area contributed by atoms with Gasteiger partial charge in [0.05, 0.1) is 0 Å². The number of halogens is 3. The number of nitrogens with one attached hydrogen (secondary N) is 1. The molecule has 122 valence electrons. The molecule has 8 heteroatoms. The first-order chi connectivity index (χ1) is 10.2. The molecule has 1 amide bonds. The number of alkyl halides is 3. The number of aryl methyl sites for hydroxylation is 1. The largest absolute Gasteiger partial charge is 0.404 e. The number of hydrogen-bond acceptors (Lipinski definition) is 3. The highest BCUT2D eigenvalue weighted by atomic mass is 19.4. The number of likely N-dealkylation sites (N-methyl/N-ethyl adjacent to an activating group) is 1. The summed E-state index contributed by atoms with van der Waals surface area (Å²) in [4.78, 5) is 24.8. The average Bonchev–Trinajstić information content (AvgIpc) is 2.40. The van der Waals surface area contributed by atoms with Gasteiger partial charge in [-0.2, -0.15) is 13.2 Å². The standard InChI is InChI=1S/C14H18F3N3O2/c1-19-6-5-9(7-12(19)21)13(22)18-10-3-4-11(14(15,16)17)20(2)8-10/h5-7,10-11H,3-4,8H2,1-2H3,(H,18,22)/t10-,11-/m1/s1. The lowest BCUT2D eigenvalue weighted by Crippen LogP contribution is -2.54. The van der Waals surface area contributed by atoms with Crippen LogP contribution in [0.25, 0.3) is 0 Å². The summed E-state index contributed by atoms with van der Waals surface area (Å²) in [5.74, 6) is -0.443. The van der Waals surface area contributed by atoms with E-state index in [1.165, 1.54) is 34.8 Å². The van der Waals surface area contributed by atoms with E-state index in [1.54, 1.807) is 7.05 Å². The maximum absolute atomic E-state index is 12.8. The number of pyridine rings is 1. The van der Waals surface area contributed by atoms with Crippen LogP contribution in [0, 0.1) is 0 Å². The molecule has 1 saturated heterocycles. The Bertz CT molecular complexity index is 612. The van der Waals surface area contributed by atoms with E-state index in [9.17, 15) is 22.8 Å². The molecule has 1 N–H and O–H groups in total. The average molecular weight is 317 g/mol. The van der Waals surface area contributed by atoms with Gasteiger partial charge in [-0.1, -0.05) is 0 Å². The van der Waals surface area contributed by atoms with Gasteiger partial charge in [0.25, 0.3) is 11.5 Å². The van der Waals surface area contributed by atoms with E-state index in [2.05, 4.69) is 5.32 Å². The van der Waals surface area contributed by atoms with Gasteiger partial charge in [-0.05, 0) is 26.0 Å². The Morgan fingerprint density at radius 2 is 2.00 bits per heavy atom. The van der Waals surface area contributed by atoms with Gasteiger partial charge < -0.3 is 9.88 Å². The molecule has 0 unspecified atom stereocenters. The van der Waals surface area contributed by atoms with Crippen LogP contribution < -0.4 is 10.9 Å². The Hall–Kier alpha value is -1.83. The number of likely N-dealkylation sites (tertiary alicyclic amines) is 1. The van der Waals surface area contributed by atoms with Crippen molar-refractivity contribution >= 4 is 5.91 Å². The second-order valence-corrected chi connectivity index (χ2v) is 5.61. The number of piperidine rings is 1. The predicted molar refractivity (Wildman–Crippen MR) is 74.6 cm³/mol. The van der Waals surface area contributed by atoms with Crippen molar-refractivity contribution in [3.05, 3.63) is 34.2 Å². The van der Waals surface area contributed by atoms with Crippen molar-refractivity contribution in [2.45, 2.75) is 31.1 Å². The van der Waals surface area contributed by atoms with Gasteiger partial charge in [0.1, 0.15) is 6.04 Å². The van der Waals surface area contributed by atoms with E-state index in [4.69, 9.17) is 0 Å². The summed E-state index contributed by atoms with van der Waals surface area (Å²) in [5, 5.41) is 2.69. The Labute approximate surface area is 125 Å². The van der Waals surface area contributed by atoms with Crippen molar-refractivity contribution in [1.82, 2.24) is 14.8 Å². The van der Waals surface area contributed by atoms with Crippen molar-refractivity contribution in [2.24, 2.45) is 7.05 Å². The second kappa shape index (κ2) is 6.12. The quantitative estimate of drug-likeness (QED) is 0.890. The number of rotatable bonds is 2. The minimum absolute atomic E-state index is 0.0541. The highest BCUT2D eigenvalue weighted by molar-refractivity contribution is 5.94. The summed E-state index contributed by atoms with van der Waals surface area (Å²) in [5.41, 5.74) is -0.103. The van der Waals surface area contributed by atoms with Gasteiger partial charge in [-0.3, -0.25) is 14.5 Å². The molecule has 2 atom stereocenters. The van der Waals surface area contributed by atoms with Crippen LogP contribution in [0.2, 0.25) is 0 Å². The minimum atomic E-state index is -4.25. The molecule has 0 bridgehead atoms. The molecule has 1 aromatic heterocycles. The normalized spacial score (nSPS) is 23.3. The first-order valence-corrected chi connectivity index (χ1v) is 6.93. The van der Waals surface area contributed by atoms with E-state index in [-0.39, 0.29) is 36.6 Å². The molecular weight excluding hydrogens is 299 g/mol. The fourth-order valence-corrected chi connectivity index (χ4v) is 2.64. The van der Waals surface area contributed by atoms with Gasteiger partial charge in [0, 0.05) is 37.5 Å². The Morgan fingerprint density at radius 1 is 1.32 bits per heavy atom. The third-order valence-electron chi connectivity index (χ3n) is 3.91. The van der Waals surface area contributed by atoms with Gasteiger partial charge in [-0.25, -0.2) is 0 Å². The van der Waals surface area contributed by atoms with Crippen LogP contribution in [0.5, 0.6) is 0 Å². The van der Waals surface area contributed by atoms with E-state index in [1.807, 2.05) is 0 Å². The van der Waals surface area contributed by atoms with Crippen molar-refractivity contribution in [3.8, 4) is 0 Å². The number of nitrogens with zero attached hydrogens (tertiary/aromatic N) is 2. The summed E-state index contributed by atoms with van der Waals surface area (Å²) < 4.78 is 39.6. The van der Waals surface area contributed by atoms with Crippen LogP contribution in [-0.2, 0) is 7.05 Å². The van der Waals surface area contributed by atoms with E-state index < -0.39 is 18.1 Å². The number of amides is 1. The molecule has 2 rings (SSSR count). The molecule has 0 aromatic carbocycles. The molecule has 0 spiro atoms. The lowest BCUT2D eigenvalue weighted by atomic mass is 9.98. The maximum atomic E-state index is 12.8. The van der Waals surface area contributed by atoms with E-state index in [0.29, 0.717) is 0 Å². The number of aromatic nitrogens is 1. The van der Waals surface area contributed by atoms with Crippen molar-refractivity contribution in [2.75, 3.05) is 13.6 Å². The zero-order valence-corrected chi connectivity index (χ0v) is 12.4. The summed E-state index contributed by atoms with van der Waals surface area (Å²) in [6.07, 6.45) is -2.58. The lowest BCUT2D eigenvalue weighted by Gasteiger charge is -2.38. The van der Waals surface area contributed by atoms with Gasteiger partial charge in [0.2, 0.25) is 0 Å². The maximum Gasteiger partial charge on any atom is 0.404 e. The molecule has 1 aliphatic rings. The number of hydrogen-bond donors (Lipinski definition) is 1. The van der Waals surface area contributed by atoms with Crippen molar-refractivity contribution < 1.29 is 18.0 Å². The molecule has 0 radical (unpaired) electrons. The predicted octanol–water partition coefficient (Wildman–Crippen LogP) is 1.14. The Balaban J connectivity index is 1.99. The lowest BCUT2D eigenvalue weighted by molar-refractivity contribution is -0.188.